The van der Waals surface area contributed by atoms with Crippen LogP contribution in [0.1, 0.15) is 6.42 Å². The van der Waals surface area contributed by atoms with Gasteiger partial charge in [0.15, 0.2) is 5.65 Å². The minimum absolute atomic E-state index is 0.224. The van der Waals surface area contributed by atoms with Crippen LogP contribution in [0.25, 0.3) is 11.0 Å². The van der Waals surface area contributed by atoms with Crippen molar-refractivity contribution in [3.63, 3.8) is 0 Å². The molecular formula is C10H12ClN5. The second-order valence-corrected chi connectivity index (χ2v) is 4.65. The van der Waals surface area contributed by atoms with E-state index in [1.807, 2.05) is 13.2 Å². The Bertz CT molecular complexity index is 523. The summed E-state index contributed by atoms with van der Waals surface area (Å²) < 4.78 is 1.76. The van der Waals surface area contributed by atoms with Crippen LogP contribution in [-0.2, 0) is 7.05 Å². The van der Waals surface area contributed by atoms with Crippen LogP contribution in [0.3, 0.4) is 0 Å². The molecule has 1 aliphatic rings. The molecule has 5 nitrogen and oxygen atoms in total. The third-order valence-electron chi connectivity index (χ3n) is 2.94. The first-order chi connectivity index (χ1) is 7.75. The van der Waals surface area contributed by atoms with Crippen LogP contribution >= 0.6 is 11.6 Å². The molecule has 1 fully saturated rings. The second kappa shape index (κ2) is 3.59. The van der Waals surface area contributed by atoms with Gasteiger partial charge in [-0.15, -0.1) is 11.6 Å². The van der Waals surface area contributed by atoms with Gasteiger partial charge in [0.2, 0.25) is 0 Å². The highest BCUT2D eigenvalue weighted by Gasteiger charge is 2.23. The molecule has 0 aliphatic carbocycles. The van der Waals surface area contributed by atoms with Crippen LogP contribution in [0, 0.1) is 0 Å². The minimum Gasteiger partial charge on any atom is -0.354 e. The SMILES string of the molecule is Cn1ncc2c(N3CCC(Cl)C3)ncnc21. The van der Waals surface area contributed by atoms with Gasteiger partial charge in [-0.05, 0) is 6.42 Å². The largest absolute Gasteiger partial charge is 0.354 e. The number of aromatic nitrogens is 4. The molecule has 2 aromatic rings. The fraction of sp³-hybridized carbons (Fsp3) is 0.500. The zero-order valence-corrected chi connectivity index (χ0v) is 9.72. The van der Waals surface area contributed by atoms with E-state index >= 15 is 0 Å². The van der Waals surface area contributed by atoms with Crippen molar-refractivity contribution >= 4 is 28.5 Å². The molecule has 6 heteroatoms. The molecule has 0 amide bonds. The van der Waals surface area contributed by atoms with E-state index in [4.69, 9.17) is 11.6 Å². The molecule has 3 rings (SSSR count). The fourth-order valence-electron chi connectivity index (χ4n) is 2.11. The van der Waals surface area contributed by atoms with Gasteiger partial charge in [-0.3, -0.25) is 4.68 Å². The second-order valence-electron chi connectivity index (χ2n) is 4.03. The first kappa shape index (κ1) is 9.84. The molecule has 3 heterocycles. The molecule has 16 heavy (non-hydrogen) atoms. The standard InChI is InChI=1S/C10H12ClN5/c1-15-9-8(4-14-15)10(13-6-12-9)16-3-2-7(11)5-16/h4,6-7H,2-3,5H2,1H3. The number of hydrogen-bond donors (Lipinski definition) is 0. The summed E-state index contributed by atoms with van der Waals surface area (Å²) in [5.74, 6) is 0.946. The van der Waals surface area contributed by atoms with Crippen molar-refractivity contribution in [1.82, 2.24) is 19.7 Å². The van der Waals surface area contributed by atoms with Crippen molar-refractivity contribution in [3.05, 3.63) is 12.5 Å². The summed E-state index contributed by atoms with van der Waals surface area (Å²) in [5, 5.41) is 5.42. The summed E-state index contributed by atoms with van der Waals surface area (Å²) in [4.78, 5) is 10.8. The monoisotopic (exact) mass is 237 g/mol. The smallest absolute Gasteiger partial charge is 0.163 e. The van der Waals surface area contributed by atoms with Crippen LogP contribution in [0.4, 0.5) is 5.82 Å². The van der Waals surface area contributed by atoms with Crippen LogP contribution in [-0.4, -0.2) is 38.2 Å². The number of fused-ring (bicyclic) bond motifs is 1. The molecule has 0 radical (unpaired) electrons. The average molecular weight is 238 g/mol. The van der Waals surface area contributed by atoms with Gasteiger partial charge in [-0.25, -0.2) is 9.97 Å². The lowest BCUT2D eigenvalue weighted by Gasteiger charge is -2.16. The van der Waals surface area contributed by atoms with Gasteiger partial charge in [-0.1, -0.05) is 0 Å². The molecule has 0 N–H and O–H groups in total. The predicted octanol–water partition coefficient (Wildman–Crippen LogP) is 1.18. The summed E-state index contributed by atoms with van der Waals surface area (Å²) in [6, 6.07) is 0. The van der Waals surface area contributed by atoms with Crippen molar-refractivity contribution in [1.29, 1.82) is 0 Å². The van der Waals surface area contributed by atoms with Gasteiger partial charge in [0.05, 0.1) is 17.0 Å². The van der Waals surface area contributed by atoms with Crippen molar-refractivity contribution in [2.24, 2.45) is 7.05 Å². The van der Waals surface area contributed by atoms with E-state index in [2.05, 4.69) is 20.0 Å². The Morgan fingerprint density at radius 3 is 3.06 bits per heavy atom. The van der Waals surface area contributed by atoms with E-state index < -0.39 is 0 Å². The van der Waals surface area contributed by atoms with Crippen molar-refractivity contribution in [2.45, 2.75) is 11.8 Å². The fourth-order valence-corrected chi connectivity index (χ4v) is 2.38. The normalized spacial score (nSPS) is 20.9. The van der Waals surface area contributed by atoms with E-state index in [-0.39, 0.29) is 5.38 Å². The topological polar surface area (TPSA) is 46.8 Å². The van der Waals surface area contributed by atoms with E-state index in [1.54, 1.807) is 11.0 Å². The summed E-state index contributed by atoms with van der Waals surface area (Å²) in [5.41, 5.74) is 0.864. The first-order valence-electron chi connectivity index (χ1n) is 5.27. The molecule has 0 saturated carbocycles. The third kappa shape index (κ3) is 1.43. The van der Waals surface area contributed by atoms with Gasteiger partial charge in [-0.2, -0.15) is 5.10 Å². The molecule has 1 saturated heterocycles. The van der Waals surface area contributed by atoms with Gasteiger partial charge in [0.1, 0.15) is 12.1 Å². The molecule has 0 aromatic carbocycles. The number of rotatable bonds is 1. The molecule has 1 unspecified atom stereocenters. The van der Waals surface area contributed by atoms with Crippen molar-refractivity contribution in [2.75, 3.05) is 18.0 Å². The average Bonchev–Trinajstić information content (AvgIpc) is 2.86. The molecule has 1 atom stereocenters. The van der Waals surface area contributed by atoms with Crippen molar-refractivity contribution < 1.29 is 0 Å². The summed E-state index contributed by atoms with van der Waals surface area (Å²) in [6.07, 6.45) is 4.40. The lowest BCUT2D eigenvalue weighted by atomic mass is 10.3. The maximum atomic E-state index is 6.11. The Morgan fingerprint density at radius 1 is 1.44 bits per heavy atom. The number of anilines is 1. The maximum Gasteiger partial charge on any atom is 0.163 e. The quantitative estimate of drug-likeness (QED) is 0.699. The lowest BCUT2D eigenvalue weighted by Crippen LogP contribution is -2.21. The van der Waals surface area contributed by atoms with E-state index in [0.717, 1.165) is 36.4 Å². The highest BCUT2D eigenvalue weighted by atomic mass is 35.5. The maximum absolute atomic E-state index is 6.11. The van der Waals surface area contributed by atoms with Crippen LogP contribution in [0.5, 0.6) is 0 Å². The predicted molar refractivity (Wildman–Crippen MR) is 62.8 cm³/mol. The number of nitrogens with zero attached hydrogens (tertiary/aromatic N) is 5. The number of alkyl halides is 1. The molecule has 2 aromatic heterocycles. The zero-order valence-electron chi connectivity index (χ0n) is 8.97. The van der Waals surface area contributed by atoms with Crippen LogP contribution < -0.4 is 4.90 Å². The third-order valence-corrected chi connectivity index (χ3v) is 3.29. The van der Waals surface area contributed by atoms with Gasteiger partial charge < -0.3 is 4.90 Å². The minimum atomic E-state index is 0.224. The number of aryl methyl sites for hydroxylation is 1. The highest BCUT2D eigenvalue weighted by Crippen LogP contribution is 2.26. The van der Waals surface area contributed by atoms with E-state index in [9.17, 15) is 0 Å². The first-order valence-corrected chi connectivity index (χ1v) is 5.71. The summed E-state index contributed by atoms with van der Waals surface area (Å²) in [6.45, 7) is 1.80. The van der Waals surface area contributed by atoms with Gasteiger partial charge in [0, 0.05) is 20.1 Å². The Hall–Kier alpha value is -1.36. The Kier molecular flexibility index (Phi) is 2.21. The summed E-state index contributed by atoms with van der Waals surface area (Å²) in [7, 11) is 1.88. The van der Waals surface area contributed by atoms with Crippen molar-refractivity contribution in [3.8, 4) is 0 Å². The molecule has 0 spiro atoms. The molecule has 0 bridgehead atoms. The Labute approximate surface area is 98.0 Å². The number of hydrogen-bond acceptors (Lipinski definition) is 4. The molecule has 84 valence electrons. The van der Waals surface area contributed by atoms with Crippen LogP contribution in [0.15, 0.2) is 12.5 Å². The number of halogens is 1. The highest BCUT2D eigenvalue weighted by molar-refractivity contribution is 6.21. The van der Waals surface area contributed by atoms with E-state index in [1.165, 1.54) is 0 Å². The Morgan fingerprint density at radius 2 is 2.31 bits per heavy atom. The molecule has 1 aliphatic heterocycles. The van der Waals surface area contributed by atoms with E-state index in [0.29, 0.717) is 0 Å². The molecular weight excluding hydrogens is 226 g/mol. The lowest BCUT2D eigenvalue weighted by molar-refractivity contribution is 0.785. The van der Waals surface area contributed by atoms with Gasteiger partial charge in [0.25, 0.3) is 0 Å². The van der Waals surface area contributed by atoms with Gasteiger partial charge >= 0.3 is 0 Å². The Balaban J connectivity index is 2.09. The summed E-state index contributed by atoms with van der Waals surface area (Å²) >= 11 is 6.11. The zero-order chi connectivity index (χ0) is 11.1. The van der Waals surface area contributed by atoms with Crippen LogP contribution in [0.2, 0.25) is 0 Å².